The summed E-state index contributed by atoms with van der Waals surface area (Å²) in [6.07, 6.45) is 2.81. The van der Waals surface area contributed by atoms with Crippen LogP contribution in [0.15, 0.2) is 69.9 Å². The van der Waals surface area contributed by atoms with E-state index in [1.165, 1.54) is 46.0 Å². The second-order valence-electron chi connectivity index (χ2n) is 9.74. The minimum Gasteiger partial charge on any atom is -0.312 e. The van der Waals surface area contributed by atoms with Gasteiger partial charge in [0, 0.05) is 31.5 Å². The van der Waals surface area contributed by atoms with Crippen molar-refractivity contribution in [3.63, 3.8) is 0 Å². The second kappa shape index (κ2) is 11.4. The molecule has 8 nitrogen and oxygen atoms in total. The molecule has 0 bridgehead atoms. The van der Waals surface area contributed by atoms with Gasteiger partial charge in [-0.1, -0.05) is 45.1 Å². The lowest BCUT2D eigenvalue weighted by molar-refractivity contribution is 0.0997. The van der Waals surface area contributed by atoms with Gasteiger partial charge in [0.05, 0.1) is 20.0 Å². The van der Waals surface area contributed by atoms with Crippen molar-refractivity contribution in [2.24, 2.45) is 16.8 Å². The minimum atomic E-state index is -3.71. The van der Waals surface area contributed by atoms with Crippen molar-refractivity contribution in [1.29, 1.82) is 0 Å². The van der Waals surface area contributed by atoms with Crippen LogP contribution in [0.1, 0.15) is 38.1 Å². The number of rotatable bonds is 10. The molecule has 0 saturated heterocycles. The second-order valence-corrected chi connectivity index (χ2v) is 14.7. The highest BCUT2D eigenvalue weighted by Gasteiger charge is 2.26. The number of hydrogen-bond acceptors (Lipinski definition) is 6. The average Bonchev–Trinajstić information content (AvgIpc) is 3.14. The van der Waals surface area contributed by atoms with E-state index in [1.807, 2.05) is 27.7 Å². The van der Waals surface area contributed by atoms with Gasteiger partial charge in [-0.3, -0.25) is 4.79 Å². The monoisotopic (exact) mass is 563 g/mol. The van der Waals surface area contributed by atoms with E-state index in [-0.39, 0.29) is 27.2 Å². The summed E-state index contributed by atoms with van der Waals surface area (Å²) >= 11 is 1.20. The maximum absolute atomic E-state index is 13.3. The molecule has 2 aromatic carbocycles. The molecule has 11 heteroatoms. The van der Waals surface area contributed by atoms with Crippen molar-refractivity contribution in [2.45, 2.75) is 44.0 Å². The maximum Gasteiger partial charge on any atom is 0.279 e. The molecule has 0 aliphatic carbocycles. The summed E-state index contributed by atoms with van der Waals surface area (Å²) in [6.45, 7) is 12.8. The number of amides is 1. The van der Waals surface area contributed by atoms with E-state index < -0.39 is 25.8 Å². The van der Waals surface area contributed by atoms with E-state index in [9.17, 15) is 21.6 Å². The van der Waals surface area contributed by atoms with Crippen LogP contribution in [-0.2, 0) is 26.4 Å². The van der Waals surface area contributed by atoms with Gasteiger partial charge in [-0.15, -0.1) is 6.58 Å². The van der Waals surface area contributed by atoms with E-state index in [4.69, 9.17) is 0 Å². The number of hydrogen-bond donors (Lipinski definition) is 0. The molecule has 0 fully saturated rings. The third-order valence-electron chi connectivity index (χ3n) is 5.47. The fraction of sp³-hybridized carbons (Fsp3) is 0.385. The number of nitrogens with zero attached hydrogens (tertiary/aromatic N) is 3. The lowest BCUT2D eigenvalue weighted by atomic mass is 10.2. The number of sulfone groups is 1. The van der Waals surface area contributed by atoms with Gasteiger partial charge in [0.1, 0.15) is 0 Å². The van der Waals surface area contributed by atoms with Crippen LogP contribution in [0.2, 0.25) is 0 Å². The SMILES string of the molecule is C=CCn1c(=NC(=O)c2ccc(S(=O)(=O)N(CC(C)C)CC(C)C)cc2)sc2cc(S(C)(=O)=O)ccc21. The topological polar surface area (TPSA) is 106 Å². The zero-order chi connectivity index (χ0) is 27.5. The normalized spacial score (nSPS) is 13.2. The van der Waals surface area contributed by atoms with Crippen LogP contribution in [0.5, 0.6) is 0 Å². The lowest BCUT2D eigenvalue weighted by Crippen LogP contribution is -2.37. The number of carbonyl (C=O) groups is 1. The highest BCUT2D eigenvalue weighted by atomic mass is 32.2. The first kappa shape index (κ1) is 29.0. The quantitative estimate of drug-likeness (QED) is 0.341. The lowest BCUT2D eigenvalue weighted by Gasteiger charge is -2.25. The van der Waals surface area contributed by atoms with E-state index in [1.54, 1.807) is 22.8 Å². The van der Waals surface area contributed by atoms with Crippen molar-refractivity contribution in [3.8, 4) is 0 Å². The van der Waals surface area contributed by atoms with Crippen molar-refractivity contribution < 1.29 is 21.6 Å². The number of benzene rings is 2. The summed E-state index contributed by atoms with van der Waals surface area (Å²) in [4.78, 5) is 18.0. The van der Waals surface area contributed by atoms with E-state index in [0.29, 0.717) is 29.1 Å². The molecule has 1 heterocycles. The summed E-state index contributed by atoms with van der Waals surface area (Å²) < 4.78 is 54.4. The molecule has 0 spiro atoms. The van der Waals surface area contributed by atoms with Crippen molar-refractivity contribution >= 4 is 47.3 Å². The molecule has 0 aliphatic rings. The summed E-state index contributed by atoms with van der Waals surface area (Å²) in [5.41, 5.74) is 0.985. The number of sulfonamides is 1. The average molecular weight is 564 g/mol. The van der Waals surface area contributed by atoms with Crippen molar-refractivity contribution in [1.82, 2.24) is 8.87 Å². The smallest absolute Gasteiger partial charge is 0.279 e. The van der Waals surface area contributed by atoms with Crippen molar-refractivity contribution in [3.05, 3.63) is 65.5 Å². The molecule has 0 aliphatic heterocycles. The Morgan fingerprint density at radius 3 is 2.08 bits per heavy atom. The summed E-state index contributed by atoms with van der Waals surface area (Å²) in [7, 11) is -7.10. The predicted octanol–water partition coefficient (Wildman–Crippen LogP) is 4.34. The van der Waals surface area contributed by atoms with Gasteiger partial charge in [-0.05, 0) is 54.3 Å². The predicted molar refractivity (Wildman–Crippen MR) is 148 cm³/mol. The third-order valence-corrected chi connectivity index (χ3v) is 9.47. The molecule has 1 aromatic heterocycles. The largest absolute Gasteiger partial charge is 0.312 e. The fourth-order valence-electron chi connectivity index (χ4n) is 3.83. The van der Waals surface area contributed by atoms with Crippen LogP contribution in [0.25, 0.3) is 10.2 Å². The first-order valence-corrected chi connectivity index (χ1v) is 16.0. The third kappa shape index (κ3) is 6.84. The Kier molecular flexibility index (Phi) is 8.94. The van der Waals surface area contributed by atoms with Gasteiger partial charge in [-0.25, -0.2) is 16.8 Å². The summed E-state index contributed by atoms with van der Waals surface area (Å²) in [5.74, 6) is -0.187. The Morgan fingerprint density at radius 1 is 1.00 bits per heavy atom. The highest BCUT2D eigenvalue weighted by molar-refractivity contribution is 7.90. The van der Waals surface area contributed by atoms with Crippen molar-refractivity contribution in [2.75, 3.05) is 19.3 Å². The Balaban J connectivity index is 1.99. The Hall–Kier alpha value is -2.60. The van der Waals surface area contributed by atoms with Crippen LogP contribution in [0.4, 0.5) is 0 Å². The molecule has 0 N–H and O–H groups in total. The minimum absolute atomic E-state index is 0.127. The Morgan fingerprint density at radius 2 is 1.57 bits per heavy atom. The van der Waals surface area contributed by atoms with Crippen LogP contribution >= 0.6 is 11.3 Å². The maximum atomic E-state index is 13.3. The van der Waals surface area contributed by atoms with Gasteiger partial charge >= 0.3 is 0 Å². The zero-order valence-electron chi connectivity index (χ0n) is 21.7. The molecule has 3 rings (SSSR count). The van der Waals surface area contributed by atoms with Gasteiger partial charge in [-0.2, -0.15) is 9.30 Å². The van der Waals surface area contributed by atoms with Gasteiger partial charge < -0.3 is 4.57 Å². The van der Waals surface area contributed by atoms with Crippen LogP contribution in [0.3, 0.4) is 0 Å². The zero-order valence-corrected chi connectivity index (χ0v) is 24.2. The molecular weight excluding hydrogens is 531 g/mol. The molecule has 0 saturated carbocycles. The van der Waals surface area contributed by atoms with E-state index >= 15 is 0 Å². The van der Waals surface area contributed by atoms with Crippen LogP contribution in [0, 0.1) is 11.8 Å². The van der Waals surface area contributed by atoms with Crippen LogP contribution < -0.4 is 4.80 Å². The number of thiazole rings is 1. The van der Waals surface area contributed by atoms with E-state index in [2.05, 4.69) is 11.6 Å². The molecule has 37 heavy (non-hydrogen) atoms. The molecule has 200 valence electrons. The van der Waals surface area contributed by atoms with Crippen LogP contribution in [-0.4, -0.2) is 51.0 Å². The highest BCUT2D eigenvalue weighted by Crippen LogP contribution is 2.23. The molecule has 3 aromatic rings. The summed E-state index contributed by atoms with van der Waals surface area (Å²) in [6, 6.07) is 10.6. The van der Waals surface area contributed by atoms with Gasteiger partial charge in [0.25, 0.3) is 5.91 Å². The fourth-order valence-corrected chi connectivity index (χ4v) is 7.40. The van der Waals surface area contributed by atoms with E-state index in [0.717, 1.165) is 11.8 Å². The standard InChI is InChI=1S/C26H33N3O5S3/c1-7-14-29-23-13-12-22(36(6,31)32)15-24(23)35-26(29)27-25(30)20-8-10-21(11-9-20)37(33,34)28(16-18(2)3)17-19(4)5/h7-13,15,18-19H,1,14,16-17H2,2-6H3. The number of aromatic nitrogens is 1. The molecule has 0 radical (unpaired) electrons. The van der Waals surface area contributed by atoms with Gasteiger partial charge in [0.2, 0.25) is 10.0 Å². The molecule has 0 unspecified atom stereocenters. The molecule has 0 atom stereocenters. The van der Waals surface area contributed by atoms with Gasteiger partial charge in [0.15, 0.2) is 14.6 Å². The first-order chi connectivity index (χ1) is 17.2. The Bertz CT molecular complexity index is 1570. The number of allylic oxidation sites excluding steroid dienone is 1. The summed E-state index contributed by atoms with van der Waals surface area (Å²) in [5, 5.41) is 0. The number of carbonyl (C=O) groups excluding carboxylic acids is 1. The first-order valence-electron chi connectivity index (χ1n) is 11.9. The molecule has 1 amide bonds. The Labute approximate surface area is 222 Å². The number of fused-ring (bicyclic) bond motifs is 1. The molecular formula is C26H33N3O5S3.